The quantitative estimate of drug-likeness (QED) is 0.301. The number of ketones is 1. The number of H-pyrrole nitrogens is 1. The van der Waals surface area contributed by atoms with Crippen molar-refractivity contribution >= 4 is 40.1 Å². The molecule has 1 saturated carbocycles. The van der Waals surface area contributed by atoms with Crippen molar-refractivity contribution in [3.8, 4) is 0 Å². The summed E-state index contributed by atoms with van der Waals surface area (Å²) < 4.78 is 5.09. The van der Waals surface area contributed by atoms with E-state index in [1.165, 1.54) is 13.3 Å². The molecule has 7 nitrogen and oxygen atoms in total. The molecule has 2 aromatic carbocycles. The number of amides is 2. The zero-order valence-electron chi connectivity index (χ0n) is 22.1. The van der Waals surface area contributed by atoms with E-state index in [1.807, 2.05) is 36.4 Å². The summed E-state index contributed by atoms with van der Waals surface area (Å²) in [5.74, 6) is -0.360. The van der Waals surface area contributed by atoms with Crippen molar-refractivity contribution in [2.75, 3.05) is 20.3 Å². The highest BCUT2D eigenvalue weighted by Gasteiger charge is 2.36. The summed E-state index contributed by atoms with van der Waals surface area (Å²) in [4.78, 5) is 45.6. The fraction of sp³-hybridized carbons (Fsp3) is 0.433. The number of hydrogen-bond acceptors (Lipinski definition) is 4. The van der Waals surface area contributed by atoms with Gasteiger partial charge in [-0.15, -0.1) is 0 Å². The topological polar surface area (TPSA) is 91.5 Å². The number of aromatic amines is 1. The maximum absolute atomic E-state index is 14.2. The molecule has 1 atom stereocenters. The van der Waals surface area contributed by atoms with Crippen LogP contribution in [0.5, 0.6) is 0 Å². The molecule has 3 aromatic rings. The lowest BCUT2D eigenvalue weighted by atomic mass is 9.83. The number of nitrogens with zero attached hydrogens (tertiary/aromatic N) is 1. The average molecular weight is 538 g/mol. The molecule has 0 spiro atoms. The maximum atomic E-state index is 14.2. The first-order chi connectivity index (χ1) is 18.4. The highest BCUT2D eigenvalue weighted by molar-refractivity contribution is 6.31. The maximum Gasteiger partial charge on any atom is 0.268 e. The third-order valence-corrected chi connectivity index (χ3v) is 7.56. The Morgan fingerprint density at radius 2 is 1.84 bits per heavy atom. The van der Waals surface area contributed by atoms with Crippen molar-refractivity contribution in [2.45, 2.75) is 58.0 Å². The van der Waals surface area contributed by atoms with Crippen molar-refractivity contribution in [3.63, 3.8) is 0 Å². The van der Waals surface area contributed by atoms with E-state index in [4.69, 9.17) is 16.3 Å². The molecule has 0 radical (unpaired) electrons. The molecule has 38 heavy (non-hydrogen) atoms. The minimum atomic E-state index is -0.923. The van der Waals surface area contributed by atoms with Crippen molar-refractivity contribution in [3.05, 3.63) is 70.4 Å². The summed E-state index contributed by atoms with van der Waals surface area (Å²) in [5, 5.41) is 4.08. The summed E-state index contributed by atoms with van der Waals surface area (Å²) in [5.41, 5.74) is 2.33. The van der Waals surface area contributed by atoms with Crippen LogP contribution in [-0.2, 0) is 20.9 Å². The monoisotopic (exact) mass is 537 g/mol. The first kappa shape index (κ1) is 27.9. The molecule has 0 saturated heterocycles. The molecule has 202 valence electrons. The number of rotatable bonds is 11. The average Bonchev–Trinajstić information content (AvgIpc) is 3.27. The Balaban J connectivity index is 1.83. The molecule has 1 heterocycles. The molecule has 1 aromatic heterocycles. The second kappa shape index (κ2) is 13.1. The van der Waals surface area contributed by atoms with Gasteiger partial charge >= 0.3 is 0 Å². The molecule has 1 aliphatic carbocycles. The van der Waals surface area contributed by atoms with Gasteiger partial charge in [0.05, 0.1) is 6.61 Å². The first-order valence-corrected chi connectivity index (χ1v) is 13.7. The number of aromatic nitrogens is 1. The Morgan fingerprint density at radius 1 is 1.11 bits per heavy atom. The van der Waals surface area contributed by atoms with Crippen LogP contribution in [0.1, 0.15) is 73.1 Å². The Hall–Kier alpha value is -3.16. The summed E-state index contributed by atoms with van der Waals surface area (Å²) in [7, 11) is 1.57. The van der Waals surface area contributed by atoms with E-state index in [1.54, 1.807) is 24.1 Å². The number of ether oxygens (including phenoxy) is 1. The van der Waals surface area contributed by atoms with Crippen molar-refractivity contribution in [2.24, 2.45) is 5.92 Å². The highest BCUT2D eigenvalue weighted by Crippen LogP contribution is 2.37. The van der Waals surface area contributed by atoms with Gasteiger partial charge in [-0.25, -0.2) is 0 Å². The number of hydrogen-bond donors (Lipinski definition) is 2. The summed E-state index contributed by atoms with van der Waals surface area (Å²) in [6.45, 7) is 2.40. The minimum Gasteiger partial charge on any atom is -0.383 e. The number of benzene rings is 2. The summed E-state index contributed by atoms with van der Waals surface area (Å²) in [6.07, 6.45) is 5.80. The predicted molar refractivity (Wildman–Crippen MR) is 149 cm³/mol. The van der Waals surface area contributed by atoms with Gasteiger partial charge in [0.1, 0.15) is 11.7 Å². The third-order valence-electron chi connectivity index (χ3n) is 7.32. The fourth-order valence-corrected chi connectivity index (χ4v) is 5.62. The summed E-state index contributed by atoms with van der Waals surface area (Å²) >= 11 is 6.28. The molecule has 0 aliphatic heterocycles. The van der Waals surface area contributed by atoms with Crippen LogP contribution in [0.15, 0.2) is 48.5 Å². The second-order valence-corrected chi connectivity index (χ2v) is 10.5. The molecule has 2 amide bonds. The van der Waals surface area contributed by atoms with Gasteiger partial charge in [0, 0.05) is 55.0 Å². The van der Waals surface area contributed by atoms with Gasteiger partial charge in [-0.3, -0.25) is 14.4 Å². The second-order valence-electron chi connectivity index (χ2n) is 10.1. The molecule has 2 N–H and O–H groups in total. The van der Waals surface area contributed by atoms with Gasteiger partial charge in [0.2, 0.25) is 5.91 Å². The zero-order chi connectivity index (χ0) is 27.1. The molecule has 4 rings (SSSR count). The van der Waals surface area contributed by atoms with E-state index in [2.05, 4.69) is 10.3 Å². The molecule has 8 heteroatoms. The number of nitrogens with one attached hydrogen (secondary N) is 2. The fourth-order valence-electron chi connectivity index (χ4n) is 5.45. The van der Waals surface area contributed by atoms with Gasteiger partial charge < -0.3 is 19.9 Å². The van der Waals surface area contributed by atoms with E-state index >= 15 is 0 Å². The number of fused-ring (bicyclic) bond motifs is 1. The van der Waals surface area contributed by atoms with E-state index < -0.39 is 6.04 Å². The van der Waals surface area contributed by atoms with Crippen LogP contribution in [-0.4, -0.2) is 47.7 Å². The lowest BCUT2D eigenvalue weighted by Crippen LogP contribution is -2.39. The Labute approximate surface area is 228 Å². The molecule has 0 bridgehead atoms. The Bertz CT molecular complexity index is 1270. The van der Waals surface area contributed by atoms with Crippen molar-refractivity contribution in [1.29, 1.82) is 0 Å². The SMILES string of the molecule is COCCNC(=O)c1[nH]c2cc(Cl)ccc2c1C(C(=O)CC1CCCCC1)N(Cc1ccccc1)C(C)=O. The molecule has 1 fully saturated rings. The molecular weight excluding hydrogens is 502 g/mol. The van der Waals surface area contributed by atoms with E-state index in [0.29, 0.717) is 41.1 Å². The third kappa shape index (κ3) is 6.63. The number of Topliss-reactive ketones (excluding diaryl/α,β-unsaturated/α-hetero) is 1. The number of methoxy groups -OCH3 is 1. The van der Waals surface area contributed by atoms with Crippen LogP contribution in [0.3, 0.4) is 0 Å². The van der Waals surface area contributed by atoms with Gasteiger partial charge in [0.15, 0.2) is 5.78 Å². The lowest BCUT2D eigenvalue weighted by molar-refractivity contribution is -0.139. The zero-order valence-corrected chi connectivity index (χ0v) is 22.9. The van der Waals surface area contributed by atoms with Crippen molar-refractivity contribution < 1.29 is 19.1 Å². The molecule has 1 aliphatic rings. The van der Waals surface area contributed by atoms with Gasteiger partial charge in [0.25, 0.3) is 5.91 Å². The van der Waals surface area contributed by atoms with Gasteiger partial charge in [-0.1, -0.05) is 80.1 Å². The largest absolute Gasteiger partial charge is 0.383 e. The Kier molecular flexibility index (Phi) is 9.58. The van der Waals surface area contributed by atoms with Crippen LogP contribution in [0.25, 0.3) is 10.9 Å². The number of carbonyl (C=O) groups is 3. The van der Waals surface area contributed by atoms with E-state index in [9.17, 15) is 14.4 Å². The first-order valence-electron chi connectivity index (χ1n) is 13.3. The normalized spacial score (nSPS) is 14.8. The number of halogens is 1. The van der Waals surface area contributed by atoms with Crippen LogP contribution >= 0.6 is 11.6 Å². The van der Waals surface area contributed by atoms with Crippen LogP contribution < -0.4 is 5.32 Å². The van der Waals surface area contributed by atoms with E-state index in [-0.39, 0.29) is 35.8 Å². The Morgan fingerprint density at radius 3 is 2.53 bits per heavy atom. The van der Waals surface area contributed by atoms with Gasteiger partial charge in [-0.2, -0.15) is 0 Å². The van der Waals surface area contributed by atoms with Crippen LogP contribution in [0, 0.1) is 5.92 Å². The van der Waals surface area contributed by atoms with Crippen LogP contribution in [0.2, 0.25) is 5.02 Å². The van der Waals surface area contributed by atoms with Gasteiger partial charge in [-0.05, 0) is 23.6 Å². The number of carbonyl (C=O) groups excluding carboxylic acids is 3. The predicted octanol–water partition coefficient (Wildman–Crippen LogP) is 5.83. The van der Waals surface area contributed by atoms with Crippen LogP contribution in [0.4, 0.5) is 0 Å². The standard InChI is InChI=1S/C30H36ClN3O4/c1-20(35)34(19-22-11-7-4-8-12-22)29(26(36)17-21-9-5-3-6-10-21)27-24-14-13-23(31)18-25(24)33-28(27)30(37)32-15-16-38-2/h4,7-8,11-14,18,21,29,33H,3,5-6,9-10,15-17,19H2,1-2H3,(H,32,37). The van der Waals surface area contributed by atoms with Crippen molar-refractivity contribution in [1.82, 2.24) is 15.2 Å². The minimum absolute atomic E-state index is 0.0511. The van der Waals surface area contributed by atoms with E-state index in [0.717, 1.165) is 31.2 Å². The summed E-state index contributed by atoms with van der Waals surface area (Å²) in [6, 6.07) is 14.0. The lowest BCUT2D eigenvalue weighted by Gasteiger charge is -2.32. The molecule has 1 unspecified atom stereocenters. The molecular formula is C30H36ClN3O4. The highest BCUT2D eigenvalue weighted by atomic mass is 35.5. The smallest absolute Gasteiger partial charge is 0.268 e.